The number of rotatable bonds is 10. The van der Waals surface area contributed by atoms with Crippen molar-refractivity contribution in [1.29, 1.82) is 0 Å². The zero-order chi connectivity index (χ0) is 15.5. The van der Waals surface area contributed by atoms with Crippen LogP contribution in [0, 0.1) is 0 Å². The largest absolute Gasteiger partial charge is 0.480 e. The van der Waals surface area contributed by atoms with Gasteiger partial charge in [-0.15, -0.1) is 6.58 Å². The summed E-state index contributed by atoms with van der Waals surface area (Å²) in [5, 5.41) is 11.7. The molecule has 1 atom stereocenters. The molecule has 1 heterocycles. The zero-order valence-electron chi connectivity index (χ0n) is 12.1. The lowest BCUT2D eigenvalue weighted by Crippen LogP contribution is -2.40. The lowest BCUT2D eigenvalue weighted by Gasteiger charge is -2.14. The average Bonchev–Trinajstić information content (AvgIpc) is 2.50. The van der Waals surface area contributed by atoms with Gasteiger partial charge in [-0.05, 0) is 31.4 Å². The van der Waals surface area contributed by atoms with Crippen molar-refractivity contribution in [2.24, 2.45) is 0 Å². The van der Waals surface area contributed by atoms with E-state index in [0.717, 1.165) is 32.1 Å². The molecule has 0 aliphatic rings. The predicted molar refractivity (Wildman–Crippen MR) is 81.0 cm³/mol. The first-order valence-corrected chi connectivity index (χ1v) is 7.19. The van der Waals surface area contributed by atoms with E-state index in [4.69, 9.17) is 5.11 Å². The minimum absolute atomic E-state index is 0.370. The summed E-state index contributed by atoms with van der Waals surface area (Å²) >= 11 is 0. The van der Waals surface area contributed by atoms with Crippen molar-refractivity contribution in [2.45, 2.75) is 44.6 Å². The van der Waals surface area contributed by atoms with Crippen molar-refractivity contribution in [1.82, 2.24) is 10.3 Å². The number of aromatic nitrogens is 1. The summed E-state index contributed by atoms with van der Waals surface area (Å²) in [6.45, 7) is 3.66. The molecule has 0 aliphatic heterocycles. The quantitative estimate of drug-likeness (QED) is 0.513. The lowest BCUT2D eigenvalue weighted by molar-refractivity contribution is -0.139. The van der Waals surface area contributed by atoms with E-state index in [1.807, 2.05) is 6.08 Å². The molecule has 21 heavy (non-hydrogen) atoms. The topological polar surface area (TPSA) is 79.3 Å². The van der Waals surface area contributed by atoms with Crippen molar-refractivity contribution >= 4 is 11.9 Å². The van der Waals surface area contributed by atoms with Crippen molar-refractivity contribution in [3.63, 3.8) is 0 Å². The van der Waals surface area contributed by atoms with Crippen LogP contribution in [0.25, 0.3) is 0 Å². The summed E-state index contributed by atoms with van der Waals surface area (Å²) in [5.41, 5.74) is 0.370. The number of hydrogen-bond acceptors (Lipinski definition) is 3. The van der Waals surface area contributed by atoms with Crippen LogP contribution in [0.2, 0.25) is 0 Å². The minimum Gasteiger partial charge on any atom is -0.480 e. The van der Waals surface area contributed by atoms with Gasteiger partial charge in [0, 0.05) is 12.4 Å². The fourth-order valence-electron chi connectivity index (χ4n) is 1.99. The third-order valence-electron chi connectivity index (χ3n) is 3.18. The van der Waals surface area contributed by atoms with Gasteiger partial charge in [0.05, 0.1) is 5.56 Å². The summed E-state index contributed by atoms with van der Waals surface area (Å²) in [4.78, 5) is 26.9. The second-order valence-electron chi connectivity index (χ2n) is 4.89. The van der Waals surface area contributed by atoms with Gasteiger partial charge < -0.3 is 10.4 Å². The van der Waals surface area contributed by atoms with Crippen LogP contribution in [0.3, 0.4) is 0 Å². The van der Waals surface area contributed by atoms with Gasteiger partial charge in [-0.1, -0.05) is 25.3 Å². The Morgan fingerprint density at radius 3 is 2.71 bits per heavy atom. The molecule has 0 unspecified atom stereocenters. The van der Waals surface area contributed by atoms with E-state index >= 15 is 0 Å². The predicted octanol–water partition coefficient (Wildman–Crippen LogP) is 2.79. The van der Waals surface area contributed by atoms with E-state index in [-0.39, 0.29) is 0 Å². The Labute approximate surface area is 125 Å². The third-order valence-corrected chi connectivity index (χ3v) is 3.18. The highest BCUT2D eigenvalue weighted by atomic mass is 16.4. The smallest absolute Gasteiger partial charge is 0.326 e. The SMILES string of the molecule is C=CCCCCCC[C@H](NC(=O)c1cccnc1)C(=O)O. The molecule has 0 saturated heterocycles. The maximum absolute atomic E-state index is 11.9. The fraction of sp³-hybridized carbons (Fsp3) is 0.438. The first-order chi connectivity index (χ1) is 10.1. The Bertz CT molecular complexity index is 460. The maximum Gasteiger partial charge on any atom is 0.326 e. The highest BCUT2D eigenvalue weighted by molar-refractivity contribution is 5.96. The normalized spacial score (nSPS) is 11.6. The Hall–Kier alpha value is -2.17. The zero-order valence-corrected chi connectivity index (χ0v) is 12.1. The average molecular weight is 290 g/mol. The Morgan fingerprint density at radius 1 is 1.33 bits per heavy atom. The van der Waals surface area contributed by atoms with Crippen LogP contribution in [-0.2, 0) is 4.79 Å². The van der Waals surface area contributed by atoms with Gasteiger partial charge >= 0.3 is 5.97 Å². The summed E-state index contributed by atoms with van der Waals surface area (Å²) < 4.78 is 0. The first-order valence-electron chi connectivity index (χ1n) is 7.19. The number of amides is 1. The molecule has 1 aromatic heterocycles. The molecule has 5 heteroatoms. The molecule has 2 N–H and O–H groups in total. The number of aliphatic carboxylic acids is 1. The van der Waals surface area contributed by atoms with Crippen LogP contribution >= 0.6 is 0 Å². The van der Waals surface area contributed by atoms with Crippen LogP contribution in [0.4, 0.5) is 0 Å². The van der Waals surface area contributed by atoms with E-state index in [1.165, 1.54) is 6.20 Å². The monoisotopic (exact) mass is 290 g/mol. The number of unbranched alkanes of at least 4 members (excludes halogenated alkanes) is 4. The van der Waals surface area contributed by atoms with Crippen LogP contribution in [-0.4, -0.2) is 28.0 Å². The molecule has 0 radical (unpaired) electrons. The molecule has 5 nitrogen and oxygen atoms in total. The van der Waals surface area contributed by atoms with Crippen LogP contribution < -0.4 is 5.32 Å². The summed E-state index contributed by atoms with van der Waals surface area (Å²) in [6, 6.07) is 2.40. The molecule has 0 spiro atoms. The second kappa shape index (κ2) is 9.69. The van der Waals surface area contributed by atoms with Gasteiger partial charge in [-0.3, -0.25) is 9.78 Å². The van der Waals surface area contributed by atoms with Crippen molar-refractivity contribution < 1.29 is 14.7 Å². The lowest BCUT2D eigenvalue weighted by atomic mass is 10.1. The highest BCUT2D eigenvalue weighted by Crippen LogP contribution is 2.09. The highest BCUT2D eigenvalue weighted by Gasteiger charge is 2.20. The van der Waals surface area contributed by atoms with E-state index in [2.05, 4.69) is 16.9 Å². The molecule has 0 bridgehead atoms. The minimum atomic E-state index is -1.00. The molecule has 114 valence electrons. The van der Waals surface area contributed by atoms with Crippen molar-refractivity contribution in [3.05, 3.63) is 42.7 Å². The second-order valence-corrected chi connectivity index (χ2v) is 4.89. The summed E-state index contributed by atoms with van der Waals surface area (Å²) in [7, 11) is 0. The standard InChI is InChI=1S/C16H22N2O3/c1-2-3-4-5-6-7-10-14(16(20)21)18-15(19)13-9-8-11-17-12-13/h2,8-9,11-12,14H,1,3-7,10H2,(H,18,19)(H,20,21)/t14-/m0/s1. The number of carboxylic acids is 1. The number of carbonyl (C=O) groups is 2. The molecule has 0 aliphatic carbocycles. The Balaban J connectivity index is 2.38. The molecular formula is C16H22N2O3. The molecular weight excluding hydrogens is 268 g/mol. The fourth-order valence-corrected chi connectivity index (χ4v) is 1.99. The first kappa shape index (κ1) is 16.9. The number of pyridine rings is 1. The van der Waals surface area contributed by atoms with Gasteiger partial charge in [0.2, 0.25) is 0 Å². The van der Waals surface area contributed by atoms with E-state index in [0.29, 0.717) is 12.0 Å². The number of carbonyl (C=O) groups excluding carboxylic acids is 1. The van der Waals surface area contributed by atoms with Crippen LogP contribution in [0.1, 0.15) is 48.9 Å². The molecule has 1 amide bonds. The van der Waals surface area contributed by atoms with E-state index in [9.17, 15) is 9.59 Å². The Morgan fingerprint density at radius 2 is 2.10 bits per heavy atom. The van der Waals surface area contributed by atoms with Gasteiger partial charge in [0.25, 0.3) is 5.91 Å². The van der Waals surface area contributed by atoms with E-state index in [1.54, 1.807) is 18.3 Å². The van der Waals surface area contributed by atoms with Gasteiger partial charge in [-0.2, -0.15) is 0 Å². The number of carboxylic acid groups (broad SMARTS) is 1. The molecule has 0 saturated carbocycles. The van der Waals surface area contributed by atoms with Crippen LogP contribution in [0.15, 0.2) is 37.2 Å². The third kappa shape index (κ3) is 6.70. The van der Waals surface area contributed by atoms with Gasteiger partial charge in [0.1, 0.15) is 6.04 Å². The van der Waals surface area contributed by atoms with Gasteiger partial charge in [0.15, 0.2) is 0 Å². The molecule has 0 aromatic carbocycles. The Kier molecular flexibility index (Phi) is 7.79. The number of nitrogens with one attached hydrogen (secondary N) is 1. The van der Waals surface area contributed by atoms with E-state index < -0.39 is 17.9 Å². The molecule has 0 fully saturated rings. The number of nitrogens with zero attached hydrogens (tertiary/aromatic N) is 1. The van der Waals surface area contributed by atoms with Crippen molar-refractivity contribution in [3.8, 4) is 0 Å². The number of hydrogen-bond donors (Lipinski definition) is 2. The molecule has 1 aromatic rings. The van der Waals surface area contributed by atoms with Gasteiger partial charge in [-0.25, -0.2) is 4.79 Å². The number of allylic oxidation sites excluding steroid dienone is 1. The summed E-state index contributed by atoms with van der Waals surface area (Å²) in [6.07, 6.45) is 10.2. The van der Waals surface area contributed by atoms with Crippen molar-refractivity contribution in [2.75, 3.05) is 0 Å². The maximum atomic E-state index is 11.9. The van der Waals surface area contributed by atoms with Crippen LogP contribution in [0.5, 0.6) is 0 Å². The molecule has 1 rings (SSSR count). The summed E-state index contributed by atoms with van der Waals surface area (Å²) in [5.74, 6) is -1.40.